The van der Waals surface area contributed by atoms with Crippen molar-refractivity contribution in [2.75, 3.05) is 13.1 Å². The van der Waals surface area contributed by atoms with Crippen molar-refractivity contribution in [1.29, 1.82) is 0 Å². The predicted molar refractivity (Wildman–Crippen MR) is 76.9 cm³/mol. The number of nitrogens with one attached hydrogen (secondary N) is 1. The number of benzene rings is 1. The van der Waals surface area contributed by atoms with Crippen LogP contribution >= 0.6 is 11.3 Å². The Kier molecular flexibility index (Phi) is 5.14. The highest BCUT2D eigenvalue weighted by molar-refractivity contribution is 7.14. The second-order valence-corrected chi connectivity index (χ2v) is 5.60. The van der Waals surface area contributed by atoms with Crippen LogP contribution in [0.2, 0.25) is 0 Å². The van der Waals surface area contributed by atoms with E-state index in [-0.39, 0.29) is 0 Å². The van der Waals surface area contributed by atoms with Crippen LogP contribution in [-0.4, -0.2) is 23.3 Å². The molecule has 1 heterocycles. The van der Waals surface area contributed by atoms with Crippen LogP contribution in [0.5, 0.6) is 0 Å². The van der Waals surface area contributed by atoms with E-state index in [1.807, 2.05) is 0 Å². The van der Waals surface area contributed by atoms with Crippen LogP contribution in [0.4, 0.5) is 8.78 Å². The lowest BCUT2D eigenvalue weighted by atomic mass is 10.1. The molecule has 0 unspecified atom stereocenters. The molecule has 0 aliphatic heterocycles. The van der Waals surface area contributed by atoms with Gasteiger partial charge in [-0.15, -0.1) is 10.2 Å². The van der Waals surface area contributed by atoms with E-state index >= 15 is 0 Å². The maximum Gasteiger partial charge on any atom is 0.150 e. The predicted octanol–water partition coefficient (Wildman–Crippen LogP) is 3.33. The normalized spacial score (nSPS) is 11.0. The average Bonchev–Trinajstić information content (AvgIpc) is 2.87. The van der Waals surface area contributed by atoms with Crippen molar-refractivity contribution in [1.82, 2.24) is 15.5 Å². The second kappa shape index (κ2) is 6.85. The summed E-state index contributed by atoms with van der Waals surface area (Å²) < 4.78 is 27.0. The van der Waals surface area contributed by atoms with Crippen LogP contribution in [0.25, 0.3) is 10.6 Å². The third kappa shape index (κ3) is 3.58. The lowest BCUT2D eigenvalue weighted by Gasteiger charge is -2.01. The molecule has 0 atom stereocenters. The van der Waals surface area contributed by atoms with Crippen molar-refractivity contribution in [3.63, 3.8) is 0 Å². The van der Waals surface area contributed by atoms with Gasteiger partial charge < -0.3 is 5.32 Å². The first kappa shape index (κ1) is 15.0. The van der Waals surface area contributed by atoms with Gasteiger partial charge in [-0.1, -0.05) is 18.3 Å². The first-order valence-electron chi connectivity index (χ1n) is 6.61. The van der Waals surface area contributed by atoms with E-state index in [0.29, 0.717) is 16.1 Å². The molecule has 0 bridgehead atoms. The van der Waals surface area contributed by atoms with Gasteiger partial charge in [-0.2, -0.15) is 0 Å². The van der Waals surface area contributed by atoms with Crippen LogP contribution in [0.3, 0.4) is 0 Å². The molecule has 20 heavy (non-hydrogen) atoms. The minimum atomic E-state index is -0.594. The molecular weight excluding hydrogens is 280 g/mol. The fraction of sp³-hybridized carbons (Fsp3) is 0.429. The highest BCUT2D eigenvalue weighted by Gasteiger charge is 2.13. The molecule has 6 heteroatoms. The molecule has 0 spiro atoms. The van der Waals surface area contributed by atoms with Crippen LogP contribution in [0.1, 0.15) is 23.9 Å². The number of aromatic nitrogens is 2. The summed E-state index contributed by atoms with van der Waals surface area (Å²) in [6, 6.07) is 2.38. The molecule has 3 nitrogen and oxygen atoms in total. The zero-order valence-electron chi connectivity index (χ0n) is 11.5. The van der Waals surface area contributed by atoms with Crippen LogP contribution in [0.15, 0.2) is 12.1 Å². The maximum absolute atomic E-state index is 13.8. The second-order valence-electron chi connectivity index (χ2n) is 4.54. The van der Waals surface area contributed by atoms with E-state index in [4.69, 9.17) is 0 Å². The zero-order valence-corrected chi connectivity index (χ0v) is 12.4. The summed E-state index contributed by atoms with van der Waals surface area (Å²) >= 11 is 1.36. The van der Waals surface area contributed by atoms with Gasteiger partial charge in [-0.05, 0) is 38.1 Å². The standard InChI is InChI=1S/C14H17F2N3S/c1-3-17-6-4-5-13-18-19-14(20-13)10-7-9(2)11(15)8-12(10)16/h7-8,17H,3-6H2,1-2H3. The average molecular weight is 297 g/mol. The van der Waals surface area contributed by atoms with Crippen molar-refractivity contribution < 1.29 is 8.78 Å². The number of nitrogens with zero attached hydrogens (tertiary/aromatic N) is 2. The Morgan fingerprint density at radius 1 is 1.20 bits per heavy atom. The number of halogens is 2. The molecular formula is C14H17F2N3S. The third-order valence-corrected chi connectivity index (χ3v) is 3.96. The van der Waals surface area contributed by atoms with E-state index in [2.05, 4.69) is 22.4 Å². The summed E-state index contributed by atoms with van der Waals surface area (Å²) in [6.45, 7) is 5.54. The Bertz CT molecular complexity index is 584. The number of hydrogen-bond donors (Lipinski definition) is 1. The topological polar surface area (TPSA) is 37.8 Å². The quantitative estimate of drug-likeness (QED) is 0.831. The summed E-state index contributed by atoms with van der Waals surface area (Å²) in [6.07, 6.45) is 1.78. The SMILES string of the molecule is CCNCCCc1nnc(-c2cc(C)c(F)cc2F)s1. The monoisotopic (exact) mass is 297 g/mol. The summed E-state index contributed by atoms with van der Waals surface area (Å²) in [4.78, 5) is 0. The number of aryl methyl sites for hydroxylation is 2. The summed E-state index contributed by atoms with van der Waals surface area (Å²) in [5.41, 5.74) is 0.727. The Morgan fingerprint density at radius 2 is 2.00 bits per heavy atom. The molecule has 2 aromatic rings. The molecule has 1 N–H and O–H groups in total. The maximum atomic E-state index is 13.8. The molecule has 0 radical (unpaired) electrons. The molecule has 0 aliphatic rings. The van der Waals surface area contributed by atoms with E-state index in [9.17, 15) is 8.78 Å². The van der Waals surface area contributed by atoms with Gasteiger partial charge in [0.05, 0.1) is 0 Å². The van der Waals surface area contributed by atoms with Crippen LogP contribution < -0.4 is 5.32 Å². The van der Waals surface area contributed by atoms with Crippen molar-refractivity contribution in [3.05, 3.63) is 34.3 Å². The minimum Gasteiger partial charge on any atom is -0.317 e. The van der Waals surface area contributed by atoms with Gasteiger partial charge in [-0.3, -0.25) is 0 Å². The lowest BCUT2D eigenvalue weighted by Crippen LogP contribution is -2.14. The van der Waals surface area contributed by atoms with E-state index in [0.717, 1.165) is 37.0 Å². The smallest absolute Gasteiger partial charge is 0.150 e. The Labute approximate surface area is 121 Å². The molecule has 1 aromatic heterocycles. The van der Waals surface area contributed by atoms with Crippen LogP contribution in [0, 0.1) is 18.6 Å². The van der Waals surface area contributed by atoms with E-state index < -0.39 is 11.6 Å². The summed E-state index contributed by atoms with van der Waals surface area (Å²) in [5, 5.41) is 12.7. The molecule has 1 aromatic carbocycles. The molecule has 108 valence electrons. The van der Waals surface area contributed by atoms with Crippen molar-refractivity contribution >= 4 is 11.3 Å². The van der Waals surface area contributed by atoms with Crippen LogP contribution in [-0.2, 0) is 6.42 Å². The van der Waals surface area contributed by atoms with Gasteiger partial charge in [0.25, 0.3) is 0 Å². The van der Waals surface area contributed by atoms with Gasteiger partial charge in [0.2, 0.25) is 0 Å². The fourth-order valence-electron chi connectivity index (χ4n) is 1.83. The fourth-order valence-corrected chi connectivity index (χ4v) is 2.73. The Morgan fingerprint density at radius 3 is 2.75 bits per heavy atom. The minimum absolute atomic E-state index is 0.319. The van der Waals surface area contributed by atoms with Gasteiger partial charge >= 0.3 is 0 Å². The molecule has 2 rings (SSSR count). The molecule has 0 saturated heterocycles. The highest BCUT2D eigenvalue weighted by atomic mass is 32.1. The molecule has 0 amide bonds. The number of rotatable bonds is 6. The highest BCUT2D eigenvalue weighted by Crippen LogP contribution is 2.28. The van der Waals surface area contributed by atoms with Crippen molar-refractivity contribution in [2.45, 2.75) is 26.7 Å². The van der Waals surface area contributed by atoms with Gasteiger partial charge in [0.15, 0.2) is 5.01 Å². The van der Waals surface area contributed by atoms with Gasteiger partial charge in [-0.25, -0.2) is 8.78 Å². The molecule has 0 aliphatic carbocycles. The Hall–Kier alpha value is -1.40. The summed E-state index contributed by atoms with van der Waals surface area (Å²) in [7, 11) is 0. The first-order valence-corrected chi connectivity index (χ1v) is 7.42. The molecule has 0 fully saturated rings. The van der Waals surface area contributed by atoms with E-state index in [1.54, 1.807) is 6.92 Å². The summed E-state index contributed by atoms with van der Waals surface area (Å²) in [5.74, 6) is -1.13. The van der Waals surface area contributed by atoms with E-state index in [1.165, 1.54) is 17.4 Å². The lowest BCUT2D eigenvalue weighted by molar-refractivity contribution is 0.579. The third-order valence-electron chi connectivity index (χ3n) is 2.94. The Balaban J connectivity index is 2.10. The largest absolute Gasteiger partial charge is 0.317 e. The van der Waals surface area contributed by atoms with Crippen molar-refractivity contribution in [3.8, 4) is 10.6 Å². The number of hydrogen-bond acceptors (Lipinski definition) is 4. The molecule has 0 saturated carbocycles. The van der Waals surface area contributed by atoms with Gasteiger partial charge in [0.1, 0.15) is 16.6 Å². The van der Waals surface area contributed by atoms with Gasteiger partial charge in [0, 0.05) is 18.1 Å². The first-order chi connectivity index (χ1) is 9.61. The zero-order chi connectivity index (χ0) is 14.5. The van der Waals surface area contributed by atoms with Crippen molar-refractivity contribution in [2.24, 2.45) is 0 Å².